The average Bonchev–Trinajstić information content (AvgIpc) is 2.34. The molecule has 0 aliphatic carbocycles. The molecule has 2 aromatic rings. The Morgan fingerprint density at radius 2 is 1.82 bits per heavy atom. The number of amides is 1. The molecule has 0 atom stereocenters. The molecule has 0 spiro atoms. The Kier molecular flexibility index (Phi) is 3.44. The summed E-state index contributed by atoms with van der Waals surface area (Å²) in [5.41, 5.74) is 1.13. The van der Waals surface area contributed by atoms with Gasteiger partial charge >= 0.3 is 0 Å². The molecule has 1 amide bonds. The van der Waals surface area contributed by atoms with E-state index in [-0.39, 0.29) is 11.7 Å². The minimum Gasteiger partial charge on any atom is -0.507 e. The molecule has 0 fully saturated rings. The van der Waals surface area contributed by atoms with Crippen LogP contribution in [0, 0.1) is 0 Å². The zero-order valence-corrected chi connectivity index (χ0v) is 10.4. The first kappa shape index (κ1) is 11.7. The van der Waals surface area contributed by atoms with E-state index in [9.17, 15) is 9.90 Å². The van der Waals surface area contributed by atoms with Gasteiger partial charge in [-0.3, -0.25) is 4.79 Å². The van der Waals surface area contributed by atoms with Crippen LogP contribution in [0.3, 0.4) is 0 Å². The zero-order valence-electron chi connectivity index (χ0n) is 8.85. The number of nitrogens with one attached hydrogen (secondary N) is 1. The molecule has 0 heterocycles. The minimum atomic E-state index is -0.251. The summed E-state index contributed by atoms with van der Waals surface area (Å²) in [6, 6.07) is 13.9. The third kappa shape index (κ3) is 2.85. The fourth-order valence-corrected chi connectivity index (χ4v) is 1.63. The van der Waals surface area contributed by atoms with Crippen LogP contribution in [0.25, 0.3) is 0 Å². The Morgan fingerprint density at radius 1 is 1.12 bits per heavy atom. The zero-order chi connectivity index (χ0) is 12.3. The molecule has 0 radical (unpaired) electrons. The maximum atomic E-state index is 11.8. The second-order valence-corrected chi connectivity index (χ2v) is 4.34. The van der Waals surface area contributed by atoms with Crippen molar-refractivity contribution in [2.45, 2.75) is 0 Å². The molecule has 2 aromatic carbocycles. The molecular weight excluding hydrogens is 282 g/mol. The van der Waals surface area contributed by atoms with Crippen LogP contribution >= 0.6 is 15.9 Å². The van der Waals surface area contributed by atoms with E-state index in [4.69, 9.17) is 0 Å². The van der Waals surface area contributed by atoms with Gasteiger partial charge in [-0.1, -0.05) is 18.2 Å². The van der Waals surface area contributed by atoms with Crippen molar-refractivity contribution in [2.24, 2.45) is 0 Å². The lowest BCUT2D eigenvalue weighted by Crippen LogP contribution is -2.11. The molecule has 4 heteroatoms. The van der Waals surface area contributed by atoms with E-state index in [0.29, 0.717) is 10.0 Å². The largest absolute Gasteiger partial charge is 0.507 e. The van der Waals surface area contributed by atoms with Crippen LogP contribution in [-0.2, 0) is 0 Å². The first-order valence-electron chi connectivity index (χ1n) is 5.02. The summed E-state index contributed by atoms with van der Waals surface area (Å²) < 4.78 is 0.564. The molecule has 0 aromatic heterocycles. The minimum absolute atomic E-state index is 0.0470. The second kappa shape index (κ2) is 5.01. The lowest BCUT2D eigenvalue weighted by atomic mass is 10.2. The smallest absolute Gasteiger partial charge is 0.255 e. The summed E-state index contributed by atoms with van der Waals surface area (Å²) in [7, 11) is 0. The van der Waals surface area contributed by atoms with Crippen molar-refractivity contribution in [3.05, 3.63) is 58.6 Å². The molecule has 0 bridgehead atoms. The van der Waals surface area contributed by atoms with Gasteiger partial charge in [0.25, 0.3) is 5.91 Å². The number of benzene rings is 2. The standard InChI is InChI=1S/C13H10BrNO2/c14-11-7-6-9(8-12(11)16)13(17)15-10-4-2-1-3-5-10/h1-8,16H,(H,15,17). The number of carbonyl (C=O) groups excluding carboxylic acids is 1. The molecule has 0 aliphatic rings. The molecular formula is C13H10BrNO2. The maximum absolute atomic E-state index is 11.8. The van der Waals surface area contributed by atoms with E-state index in [2.05, 4.69) is 21.2 Å². The summed E-state index contributed by atoms with van der Waals surface area (Å²) in [5.74, 6) is -0.204. The summed E-state index contributed by atoms with van der Waals surface area (Å²) in [4.78, 5) is 11.8. The van der Waals surface area contributed by atoms with Crippen LogP contribution in [0.4, 0.5) is 5.69 Å². The van der Waals surface area contributed by atoms with E-state index < -0.39 is 0 Å². The highest BCUT2D eigenvalue weighted by Crippen LogP contribution is 2.24. The van der Waals surface area contributed by atoms with E-state index in [1.807, 2.05) is 18.2 Å². The Balaban J connectivity index is 2.18. The fourth-order valence-electron chi connectivity index (χ4n) is 1.38. The van der Waals surface area contributed by atoms with Crippen LogP contribution in [0.5, 0.6) is 5.75 Å². The number of phenols is 1. The molecule has 3 nitrogen and oxygen atoms in total. The lowest BCUT2D eigenvalue weighted by molar-refractivity contribution is 0.102. The van der Waals surface area contributed by atoms with Crippen molar-refractivity contribution in [1.29, 1.82) is 0 Å². The Labute approximate surface area is 107 Å². The van der Waals surface area contributed by atoms with Gasteiger partial charge in [0.05, 0.1) is 4.47 Å². The normalized spacial score (nSPS) is 9.94. The molecule has 0 saturated carbocycles. The topological polar surface area (TPSA) is 49.3 Å². The van der Waals surface area contributed by atoms with Crippen LogP contribution < -0.4 is 5.32 Å². The van der Waals surface area contributed by atoms with Gasteiger partial charge in [-0.15, -0.1) is 0 Å². The Bertz CT molecular complexity index is 540. The number of anilines is 1. The predicted octanol–water partition coefficient (Wildman–Crippen LogP) is 3.41. The Hall–Kier alpha value is -1.81. The van der Waals surface area contributed by atoms with Crippen molar-refractivity contribution in [1.82, 2.24) is 0 Å². The number of halogens is 1. The highest BCUT2D eigenvalue weighted by atomic mass is 79.9. The van der Waals surface area contributed by atoms with Crippen molar-refractivity contribution in [3.8, 4) is 5.75 Å². The molecule has 0 aliphatic heterocycles. The average molecular weight is 292 g/mol. The van der Waals surface area contributed by atoms with Crippen LogP contribution in [-0.4, -0.2) is 11.0 Å². The van der Waals surface area contributed by atoms with Gasteiger partial charge in [0.1, 0.15) is 5.75 Å². The van der Waals surface area contributed by atoms with Crippen LogP contribution in [0.15, 0.2) is 53.0 Å². The number of para-hydroxylation sites is 1. The molecule has 86 valence electrons. The second-order valence-electron chi connectivity index (χ2n) is 3.49. The van der Waals surface area contributed by atoms with Gasteiger partial charge in [-0.2, -0.15) is 0 Å². The first-order chi connectivity index (χ1) is 8.16. The van der Waals surface area contributed by atoms with E-state index in [1.165, 1.54) is 6.07 Å². The number of hydrogen-bond acceptors (Lipinski definition) is 2. The highest BCUT2D eigenvalue weighted by Gasteiger charge is 2.08. The van der Waals surface area contributed by atoms with E-state index in [0.717, 1.165) is 5.69 Å². The quantitative estimate of drug-likeness (QED) is 0.891. The van der Waals surface area contributed by atoms with Gasteiger partial charge in [0.2, 0.25) is 0 Å². The first-order valence-corrected chi connectivity index (χ1v) is 5.81. The maximum Gasteiger partial charge on any atom is 0.255 e. The van der Waals surface area contributed by atoms with Crippen molar-refractivity contribution in [2.75, 3.05) is 5.32 Å². The predicted molar refractivity (Wildman–Crippen MR) is 70.2 cm³/mol. The summed E-state index contributed by atoms with van der Waals surface area (Å²) in [5, 5.41) is 12.2. The fraction of sp³-hybridized carbons (Fsp3) is 0. The van der Waals surface area contributed by atoms with Crippen molar-refractivity contribution < 1.29 is 9.90 Å². The molecule has 17 heavy (non-hydrogen) atoms. The number of phenolic OH excluding ortho intramolecular Hbond substituents is 1. The van der Waals surface area contributed by atoms with Gasteiger partial charge in [0.15, 0.2) is 0 Å². The highest BCUT2D eigenvalue weighted by molar-refractivity contribution is 9.10. The van der Waals surface area contributed by atoms with Gasteiger partial charge in [-0.25, -0.2) is 0 Å². The molecule has 2 N–H and O–H groups in total. The monoisotopic (exact) mass is 291 g/mol. The lowest BCUT2D eigenvalue weighted by Gasteiger charge is -2.05. The summed E-state index contributed by atoms with van der Waals surface area (Å²) >= 11 is 3.16. The number of carbonyl (C=O) groups is 1. The van der Waals surface area contributed by atoms with Crippen molar-refractivity contribution >= 4 is 27.5 Å². The molecule has 0 saturated heterocycles. The number of hydrogen-bond donors (Lipinski definition) is 2. The number of rotatable bonds is 2. The summed E-state index contributed by atoms with van der Waals surface area (Å²) in [6.45, 7) is 0. The third-order valence-corrected chi connectivity index (χ3v) is 2.91. The Morgan fingerprint density at radius 3 is 2.47 bits per heavy atom. The van der Waals surface area contributed by atoms with Crippen LogP contribution in [0.2, 0.25) is 0 Å². The third-order valence-electron chi connectivity index (χ3n) is 2.24. The number of aromatic hydroxyl groups is 1. The van der Waals surface area contributed by atoms with Crippen molar-refractivity contribution in [3.63, 3.8) is 0 Å². The summed E-state index contributed by atoms with van der Waals surface area (Å²) in [6.07, 6.45) is 0. The SMILES string of the molecule is O=C(Nc1ccccc1)c1ccc(Br)c(O)c1. The van der Waals surface area contributed by atoms with Gasteiger partial charge < -0.3 is 10.4 Å². The van der Waals surface area contributed by atoms with Gasteiger partial charge in [0, 0.05) is 11.3 Å². The molecule has 0 unspecified atom stereocenters. The van der Waals surface area contributed by atoms with E-state index in [1.54, 1.807) is 24.3 Å². The molecule has 2 rings (SSSR count). The van der Waals surface area contributed by atoms with Gasteiger partial charge in [-0.05, 0) is 46.3 Å². The van der Waals surface area contributed by atoms with Crippen LogP contribution in [0.1, 0.15) is 10.4 Å². The van der Waals surface area contributed by atoms with E-state index >= 15 is 0 Å².